The van der Waals surface area contributed by atoms with Crippen LogP contribution in [0, 0.1) is 0 Å². The van der Waals surface area contributed by atoms with E-state index in [2.05, 4.69) is 20.7 Å². The van der Waals surface area contributed by atoms with Gasteiger partial charge in [0.15, 0.2) is 0 Å². The van der Waals surface area contributed by atoms with E-state index >= 15 is 0 Å². The highest BCUT2D eigenvalue weighted by molar-refractivity contribution is 5.91. The zero-order valence-corrected chi connectivity index (χ0v) is 28.8. The fourth-order valence-electron chi connectivity index (χ4n) is 6.19. The van der Waals surface area contributed by atoms with Crippen LogP contribution >= 0.6 is 0 Å². The number of benzene rings is 1. The highest BCUT2D eigenvalue weighted by Crippen LogP contribution is 2.42. The lowest BCUT2D eigenvalue weighted by Crippen LogP contribution is -2.49. The van der Waals surface area contributed by atoms with Gasteiger partial charge in [0, 0.05) is 34.5 Å². The molecule has 52 heavy (non-hydrogen) atoms. The summed E-state index contributed by atoms with van der Waals surface area (Å²) in [5, 5.41) is 19.1. The molecule has 18 nitrogen and oxygen atoms in total. The van der Waals surface area contributed by atoms with E-state index in [-0.39, 0.29) is 69.4 Å². The highest BCUT2D eigenvalue weighted by Gasteiger charge is 2.50. The quantitative estimate of drug-likeness (QED) is 0.0435. The average molecular weight is 722 g/mol. The zero-order chi connectivity index (χ0) is 37.3. The van der Waals surface area contributed by atoms with Crippen LogP contribution in [0.5, 0.6) is 5.75 Å². The Morgan fingerprint density at radius 2 is 1.79 bits per heavy atom. The van der Waals surface area contributed by atoms with Gasteiger partial charge >= 0.3 is 11.9 Å². The number of amides is 2. The number of cyclic esters (lactones) is 1. The number of phenols is 1. The van der Waals surface area contributed by atoms with Crippen LogP contribution in [0.1, 0.15) is 42.5 Å². The first-order valence-electron chi connectivity index (χ1n) is 16.7. The number of fused-ring (bicyclic) bond motifs is 5. The molecule has 0 saturated heterocycles. The second kappa shape index (κ2) is 17.1. The Balaban J connectivity index is 1.16. The van der Waals surface area contributed by atoms with E-state index in [9.17, 15) is 29.1 Å². The van der Waals surface area contributed by atoms with E-state index in [0.717, 1.165) is 16.5 Å². The van der Waals surface area contributed by atoms with E-state index in [1.165, 1.54) is 6.07 Å². The molecule has 2 aliphatic heterocycles. The standard InChI is InChI=1S/C34H39N7O11/c1-3-21-22-13-20(42)5-6-26(22)39-31-23(21)16-41-27(31)14-25-24(32(41)46)17-51-33(47)34(25,4-2)52-30(45)15-37-29(44)19-50-18-28(43)36-7-9-48-11-12-49-10-8-38-40-35/h5-6,13-14,42H,3-4,7-12,15-19H2,1-2H3,(H,36,43)(H,37,44)/t34-/m0/s1. The van der Waals surface area contributed by atoms with Gasteiger partial charge in [0.1, 0.15) is 32.1 Å². The second-order valence-corrected chi connectivity index (χ2v) is 11.8. The predicted molar refractivity (Wildman–Crippen MR) is 182 cm³/mol. The zero-order valence-electron chi connectivity index (χ0n) is 28.8. The van der Waals surface area contributed by atoms with Crippen LogP contribution in [0.4, 0.5) is 0 Å². The molecule has 5 rings (SSSR count). The van der Waals surface area contributed by atoms with Gasteiger partial charge in [0.25, 0.3) is 5.56 Å². The van der Waals surface area contributed by atoms with Crippen molar-refractivity contribution in [1.29, 1.82) is 0 Å². The van der Waals surface area contributed by atoms with Crippen LogP contribution < -0.4 is 16.2 Å². The van der Waals surface area contributed by atoms with Crippen LogP contribution in [0.2, 0.25) is 0 Å². The first-order chi connectivity index (χ1) is 25.1. The van der Waals surface area contributed by atoms with Crippen LogP contribution in [0.3, 0.4) is 0 Å². The number of phenolic OH excluding ortho intramolecular Hbond substituents is 1. The number of azide groups is 1. The molecule has 0 aliphatic carbocycles. The van der Waals surface area contributed by atoms with Gasteiger partial charge in [-0.2, -0.15) is 0 Å². The Kier molecular flexibility index (Phi) is 12.4. The number of aromatic nitrogens is 2. The maximum atomic E-state index is 13.9. The maximum absolute atomic E-state index is 13.9. The van der Waals surface area contributed by atoms with Crippen molar-refractivity contribution in [3.63, 3.8) is 0 Å². The lowest BCUT2D eigenvalue weighted by Gasteiger charge is -2.35. The Labute approximate surface area is 297 Å². The smallest absolute Gasteiger partial charge is 0.355 e. The number of nitrogens with one attached hydrogen (secondary N) is 2. The van der Waals surface area contributed by atoms with E-state index in [1.807, 2.05) is 6.92 Å². The number of carbonyl (C=O) groups excluding carboxylic acids is 4. The molecule has 0 bridgehead atoms. The number of pyridine rings is 2. The predicted octanol–water partition coefficient (Wildman–Crippen LogP) is 1.49. The maximum Gasteiger partial charge on any atom is 0.355 e. The molecule has 2 aromatic heterocycles. The van der Waals surface area contributed by atoms with Gasteiger partial charge in [0.05, 0.1) is 55.4 Å². The number of rotatable bonds is 18. The summed E-state index contributed by atoms with van der Waals surface area (Å²) in [6, 6.07) is 6.52. The molecule has 2 aliphatic rings. The summed E-state index contributed by atoms with van der Waals surface area (Å²) in [7, 11) is 0. The summed E-state index contributed by atoms with van der Waals surface area (Å²) in [4.78, 5) is 72.0. The van der Waals surface area contributed by atoms with Crippen molar-refractivity contribution >= 4 is 34.7 Å². The summed E-state index contributed by atoms with van der Waals surface area (Å²) < 4.78 is 28.3. The SMILES string of the molecule is CCc1c2c(nc3ccc(O)cc13)-c1cc3c(c(=O)n1C2)COC(=O)[C@@]3(CC)OC(=O)CNC(=O)COCC(=O)NCCOCCOCCN=[N+]=[N-]. The Morgan fingerprint density at radius 3 is 2.52 bits per heavy atom. The summed E-state index contributed by atoms with van der Waals surface area (Å²) >= 11 is 0. The van der Waals surface area contributed by atoms with Crippen LogP contribution in [0.15, 0.2) is 34.2 Å². The highest BCUT2D eigenvalue weighted by atomic mass is 16.6. The number of esters is 2. The number of aromatic hydroxyl groups is 1. The minimum Gasteiger partial charge on any atom is -0.508 e. The molecular weight excluding hydrogens is 682 g/mol. The third-order valence-corrected chi connectivity index (χ3v) is 8.63. The molecule has 2 amide bonds. The molecule has 1 aromatic carbocycles. The van der Waals surface area contributed by atoms with Crippen LogP contribution in [0.25, 0.3) is 32.7 Å². The number of nitrogens with zero attached hydrogens (tertiary/aromatic N) is 5. The number of ether oxygens (including phenoxy) is 5. The molecule has 0 radical (unpaired) electrons. The third kappa shape index (κ3) is 8.15. The van der Waals surface area contributed by atoms with Gasteiger partial charge in [0.2, 0.25) is 17.4 Å². The molecule has 1 atom stereocenters. The summed E-state index contributed by atoms with van der Waals surface area (Å²) in [6.45, 7) is 3.46. The van der Waals surface area contributed by atoms with Gasteiger partial charge in [-0.15, -0.1) is 0 Å². The molecule has 0 fully saturated rings. The second-order valence-electron chi connectivity index (χ2n) is 11.8. The Bertz CT molecular complexity index is 1980. The molecule has 18 heteroatoms. The van der Waals surface area contributed by atoms with Crippen molar-refractivity contribution in [2.45, 2.75) is 45.4 Å². The Hall–Kier alpha value is -5.55. The first-order valence-corrected chi connectivity index (χ1v) is 16.7. The molecule has 3 aromatic rings. The number of hydrogen-bond acceptors (Lipinski definition) is 13. The first kappa shape index (κ1) is 37.7. The van der Waals surface area contributed by atoms with Crippen molar-refractivity contribution < 1.29 is 48.0 Å². The fraction of sp³-hybridized carbons (Fsp3) is 0.471. The van der Waals surface area contributed by atoms with Crippen molar-refractivity contribution in [3.8, 4) is 17.1 Å². The van der Waals surface area contributed by atoms with Gasteiger partial charge in [-0.3, -0.25) is 19.2 Å². The number of hydrogen-bond donors (Lipinski definition) is 3. The summed E-state index contributed by atoms with van der Waals surface area (Å²) in [5.74, 6) is -2.91. The van der Waals surface area contributed by atoms with Crippen LogP contribution in [-0.2, 0) is 68.0 Å². The van der Waals surface area contributed by atoms with E-state index < -0.39 is 54.7 Å². The van der Waals surface area contributed by atoms with Crippen molar-refractivity contribution in [3.05, 3.63) is 67.3 Å². The van der Waals surface area contributed by atoms with E-state index in [1.54, 1.807) is 29.7 Å². The summed E-state index contributed by atoms with van der Waals surface area (Å²) in [6.07, 6.45) is 0.556. The third-order valence-electron chi connectivity index (χ3n) is 8.63. The minimum atomic E-state index is -1.96. The topological polar surface area (TPSA) is 242 Å². The largest absolute Gasteiger partial charge is 0.508 e. The van der Waals surface area contributed by atoms with Crippen molar-refractivity contribution in [2.24, 2.45) is 5.11 Å². The van der Waals surface area contributed by atoms with E-state index in [4.69, 9.17) is 34.2 Å². The number of aryl methyl sites for hydroxylation is 1. The van der Waals surface area contributed by atoms with Gasteiger partial charge in [-0.05, 0) is 48.2 Å². The molecule has 0 saturated carbocycles. The average Bonchev–Trinajstić information content (AvgIpc) is 3.50. The number of carbonyl (C=O) groups is 4. The Morgan fingerprint density at radius 1 is 1.04 bits per heavy atom. The summed E-state index contributed by atoms with van der Waals surface area (Å²) in [5.41, 5.74) is 9.58. The van der Waals surface area contributed by atoms with Gasteiger partial charge < -0.3 is 44.0 Å². The fourth-order valence-corrected chi connectivity index (χ4v) is 6.19. The normalized spacial score (nSPS) is 15.5. The monoisotopic (exact) mass is 721 g/mol. The molecule has 276 valence electrons. The van der Waals surface area contributed by atoms with E-state index in [0.29, 0.717) is 29.9 Å². The lowest BCUT2D eigenvalue weighted by atomic mass is 9.85. The van der Waals surface area contributed by atoms with Gasteiger partial charge in [-0.25, -0.2) is 9.78 Å². The lowest BCUT2D eigenvalue weighted by molar-refractivity contribution is -0.189. The molecule has 0 unspecified atom stereocenters. The molecular formula is C34H39N7O11. The van der Waals surface area contributed by atoms with Crippen LogP contribution in [-0.4, -0.2) is 97.7 Å². The molecule has 0 spiro atoms. The minimum absolute atomic E-state index is 0.0607. The molecule has 4 heterocycles. The van der Waals surface area contributed by atoms with Crippen molar-refractivity contribution in [2.75, 3.05) is 59.3 Å². The van der Waals surface area contributed by atoms with Gasteiger partial charge in [-0.1, -0.05) is 19.0 Å². The van der Waals surface area contributed by atoms with Crippen molar-refractivity contribution in [1.82, 2.24) is 20.2 Å². The molecule has 3 N–H and O–H groups in total.